The lowest BCUT2D eigenvalue weighted by molar-refractivity contribution is -0.125. The minimum atomic E-state index is -3.01. The Balaban J connectivity index is 1.82. The SMILES string of the molecule is CNCC1CN(CC(=O)NC2(C)CCS(=O)(=O)C2)CCO1. The maximum absolute atomic E-state index is 12.1. The molecule has 0 radical (unpaired) electrons. The van der Waals surface area contributed by atoms with Gasteiger partial charge in [-0.25, -0.2) is 8.42 Å². The van der Waals surface area contributed by atoms with Crippen molar-refractivity contribution < 1.29 is 17.9 Å². The Labute approximate surface area is 126 Å². The van der Waals surface area contributed by atoms with Crippen LogP contribution in [0.3, 0.4) is 0 Å². The molecule has 7 nitrogen and oxygen atoms in total. The summed E-state index contributed by atoms with van der Waals surface area (Å²) in [6.07, 6.45) is 0.589. The van der Waals surface area contributed by atoms with E-state index in [2.05, 4.69) is 10.6 Å². The molecule has 0 aromatic carbocycles. The second-order valence-corrected chi connectivity index (χ2v) is 8.42. The summed E-state index contributed by atoms with van der Waals surface area (Å²) in [6.45, 7) is 4.91. The monoisotopic (exact) mass is 319 g/mol. The van der Waals surface area contributed by atoms with Crippen LogP contribution in [0.5, 0.6) is 0 Å². The van der Waals surface area contributed by atoms with E-state index in [0.717, 1.165) is 13.1 Å². The summed E-state index contributed by atoms with van der Waals surface area (Å²) < 4.78 is 28.7. The Bertz CT molecular complexity index is 480. The second-order valence-electron chi connectivity index (χ2n) is 6.24. The van der Waals surface area contributed by atoms with E-state index in [1.807, 2.05) is 11.9 Å². The summed E-state index contributed by atoms with van der Waals surface area (Å²) in [6, 6.07) is 0. The molecule has 2 aliphatic heterocycles. The van der Waals surface area contributed by atoms with Crippen molar-refractivity contribution in [2.75, 3.05) is 51.3 Å². The average molecular weight is 319 g/mol. The predicted octanol–water partition coefficient (Wildman–Crippen LogP) is -1.40. The Morgan fingerprint density at radius 1 is 1.48 bits per heavy atom. The summed E-state index contributed by atoms with van der Waals surface area (Å²) in [7, 11) is -1.13. The van der Waals surface area contributed by atoms with Crippen molar-refractivity contribution >= 4 is 15.7 Å². The zero-order valence-electron chi connectivity index (χ0n) is 12.7. The first-order valence-electron chi connectivity index (χ1n) is 7.32. The molecular formula is C13H25N3O4S. The van der Waals surface area contributed by atoms with Crippen LogP contribution in [-0.4, -0.2) is 82.2 Å². The number of carbonyl (C=O) groups is 1. The zero-order chi connectivity index (χ0) is 15.5. The number of amides is 1. The molecule has 2 fully saturated rings. The maximum atomic E-state index is 12.1. The van der Waals surface area contributed by atoms with E-state index in [4.69, 9.17) is 4.74 Å². The molecule has 8 heteroatoms. The van der Waals surface area contributed by atoms with Gasteiger partial charge in [0.1, 0.15) is 0 Å². The van der Waals surface area contributed by atoms with E-state index >= 15 is 0 Å². The molecule has 2 aliphatic rings. The number of hydrogen-bond acceptors (Lipinski definition) is 6. The summed E-state index contributed by atoms with van der Waals surface area (Å²) in [5.74, 6) is 0.0858. The fourth-order valence-corrected chi connectivity index (χ4v) is 5.06. The quantitative estimate of drug-likeness (QED) is 0.648. The van der Waals surface area contributed by atoms with Crippen molar-refractivity contribution in [3.63, 3.8) is 0 Å². The van der Waals surface area contributed by atoms with Gasteiger partial charge in [0.25, 0.3) is 0 Å². The van der Waals surface area contributed by atoms with Gasteiger partial charge in [0, 0.05) is 19.6 Å². The van der Waals surface area contributed by atoms with E-state index in [1.165, 1.54) is 0 Å². The highest BCUT2D eigenvalue weighted by Gasteiger charge is 2.39. The number of likely N-dealkylation sites (N-methyl/N-ethyl adjacent to an activating group) is 1. The van der Waals surface area contributed by atoms with Gasteiger partial charge in [-0.2, -0.15) is 0 Å². The minimum Gasteiger partial charge on any atom is -0.374 e. The zero-order valence-corrected chi connectivity index (χ0v) is 13.5. The molecule has 2 unspecified atom stereocenters. The van der Waals surface area contributed by atoms with Crippen molar-refractivity contribution in [3.05, 3.63) is 0 Å². The molecule has 0 saturated carbocycles. The summed E-state index contributed by atoms with van der Waals surface area (Å²) in [5.41, 5.74) is -0.618. The molecule has 0 aliphatic carbocycles. The fourth-order valence-electron chi connectivity index (χ4n) is 2.96. The van der Waals surface area contributed by atoms with Crippen molar-refractivity contribution in [2.45, 2.75) is 25.0 Å². The third kappa shape index (κ3) is 4.91. The molecule has 0 aromatic heterocycles. The summed E-state index contributed by atoms with van der Waals surface area (Å²) >= 11 is 0. The van der Waals surface area contributed by atoms with E-state index < -0.39 is 15.4 Å². The van der Waals surface area contributed by atoms with Crippen molar-refractivity contribution in [3.8, 4) is 0 Å². The van der Waals surface area contributed by atoms with Crippen LogP contribution < -0.4 is 10.6 Å². The number of sulfone groups is 1. The molecule has 0 bridgehead atoms. The number of ether oxygens (including phenoxy) is 1. The van der Waals surface area contributed by atoms with Gasteiger partial charge >= 0.3 is 0 Å². The van der Waals surface area contributed by atoms with Gasteiger partial charge in [0.05, 0.1) is 36.3 Å². The number of morpholine rings is 1. The van der Waals surface area contributed by atoms with Crippen LogP contribution in [0.1, 0.15) is 13.3 Å². The van der Waals surface area contributed by atoms with Crippen LogP contribution in [0, 0.1) is 0 Å². The van der Waals surface area contributed by atoms with Crippen molar-refractivity contribution in [2.24, 2.45) is 0 Å². The molecule has 1 amide bonds. The molecule has 0 spiro atoms. The first kappa shape index (κ1) is 16.7. The average Bonchev–Trinajstić information content (AvgIpc) is 2.63. The van der Waals surface area contributed by atoms with Crippen molar-refractivity contribution in [1.29, 1.82) is 0 Å². The Kier molecular flexibility index (Phi) is 5.24. The van der Waals surface area contributed by atoms with Crippen LogP contribution in [0.4, 0.5) is 0 Å². The number of rotatable bonds is 5. The van der Waals surface area contributed by atoms with E-state index in [0.29, 0.717) is 26.1 Å². The van der Waals surface area contributed by atoms with Crippen LogP contribution in [0.2, 0.25) is 0 Å². The molecular weight excluding hydrogens is 294 g/mol. The summed E-state index contributed by atoms with van der Waals surface area (Å²) in [4.78, 5) is 14.2. The van der Waals surface area contributed by atoms with Gasteiger partial charge in [0.2, 0.25) is 5.91 Å². The summed E-state index contributed by atoms with van der Waals surface area (Å²) in [5, 5.41) is 5.95. The van der Waals surface area contributed by atoms with E-state index in [-0.39, 0.29) is 23.5 Å². The van der Waals surface area contributed by atoms with Gasteiger partial charge in [-0.3, -0.25) is 9.69 Å². The first-order valence-corrected chi connectivity index (χ1v) is 9.14. The number of nitrogens with zero attached hydrogens (tertiary/aromatic N) is 1. The Morgan fingerprint density at radius 3 is 2.86 bits per heavy atom. The van der Waals surface area contributed by atoms with Gasteiger partial charge in [-0.05, 0) is 20.4 Å². The largest absolute Gasteiger partial charge is 0.374 e. The topological polar surface area (TPSA) is 87.7 Å². The van der Waals surface area contributed by atoms with E-state index in [9.17, 15) is 13.2 Å². The third-order valence-corrected chi connectivity index (χ3v) is 5.87. The van der Waals surface area contributed by atoms with Crippen LogP contribution in [0.15, 0.2) is 0 Å². The first-order chi connectivity index (χ1) is 9.82. The molecule has 2 saturated heterocycles. The molecule has 2 heterocycles. The molecule has 2 N–H and O–H groups in total. The Morgan fingerprint density at radius 2 is 2.24 bits per heavy atom. The van der Waals surface area contributed by atoms with E-state index in [1.54, 1.807) is 6.92 Å². The molecule has 0 aromatic rings. The smallest absolute Gasteiger partial charge is 0.234 e. The standard InChI is InChI=1S/C13H25N3O4S/c1-13(3-6-21(18,19)10-13)15-12(17)9-16-4-5-20-11(8-16)7-14-2/h11,14H,3-10H2,1-2H3,(H,15,17). The molecule has 122 valence electrons. The predicted molar refractivity (Wildman–Crippen MR) is 79.9 cm³/mol. The molecule has 21 heavy (non-hydrogen) atoms. The normalized spacial score (nSPS) is 33.0. The Hall–Kier alpha value is -0.700. The van der Waals surface area contributed by atoms with Gasteiger partial charge in [0.15, 0.2) is 9.84 Å². The highest BCUT2D eigenvalue weighted by Crippen LogP contribution is 2.22. The molecule has 2 rings (SSSR count). The van der Waals surface area contributed by atoms with Gasteiger partial charge in [-0.1, -0.05) is 0 Å². The molecule has 2 atom stereocenters. The number of nitrogens with one attached hydrogen (secondary N) is 2. The van der Waals surface area contributed by atoms with Crippen molar-refractivity contribution in [1.82, 2.24) is 15.5 Å². The van der Waals surface area contributed by atoms with Crippen LogP contribution in [-0.2, 0) is 19.4 Å². The highest BCUT2D eigenvalue weighted by atomic mass is 32.2. The highest BCUT2D eigenvalue weighted by molar-refractivity contribution is 7.91. The lowest BCUT2D eigenvalue weighted by atomic mass is 10.0. The lowest BCUT2D eigenvalue weighted by Gasteiger charge is -2.33. The lowest BCUT2D eigenvalue weighted by Crippen LogP contribution is -2.53. The number of carbonyl (C=O) groups excluding carboxylic acids is 1. The van der Waals surface area contributed by atoms with Gasteiger partial charge < -0.3 is 15.4 Å². The minimum absolute atomic E-state index is 0.0389. The third-order valence-electron chi connectivity index (χ3n) is 3.97. The van der Waals surface area contributed by atoms with Crippen LogP contribution >= 0.6 is 0 Å². The van der Waals surface area contributed by atoms with Gasteiger partial charge in [-0.15, -0.1) is 0 Å². The second kappa shape index (κ2) is 6.60. The van der Waals surface area contributed by atoms with Crippen LogP contribution in [0.25, 0.3) is 0 Å². The fraction of sp³-hybridized carbons (Fsp3) is 0.923. The number of hydrogen-bond donors (Lipinski definition) is 2. The maximum Gasteiger partial charge on any atom is 0.234 e.